The van der Waals surface area contributed by atoms with Crippen molar-refractivity contribution in [2.45, 2.75) is 56.7 Å². The summed E-state index contributed by atoms with van der Waals surface area (Å²) in [6, 6.07) is 7.54. The molecule has 1 aromatic carbocycles. The van der Waals surface area contributed by atoms with Gasteiger partial charge in [0.15, 0.2) is 0 Å². The molecule has 3 aliphatic rings. The number of nitrogens with one attached hydrogen (secondary N) is 1. The molecule has 8 heteroatoms. The Labute approximate surface area is 198 Å². The van der Waals surface area contributed by atoms with Gasteiger partial charge in [-0.1, -0.05) is 31.0 Å². The number of likely N-dealkylation sites (N-methyl/N-ethyl adjacent to an activating group) is 1. The van der Waals surface area contributed by atoms with Crippen molar-refractivity contribution in [3.05, 3.63) is 57.7 Å². The molecule has 174 valence electrons. The number of hydrogen-bond acceptors (Lipinski definition) is 6. The van der Waals surface area contributed by atoms with E-state index in [0.29, 0.717) is 30.7 Å². The Kier molecular flexibility index (Phi) is 6.10. The second-order valence-corrected chi connectivity index (χ2v) is 9.92. The Morgan fingerprint density at radius 2 is 2.03 bits per heavy atom. The maximum Gasteiger partial charge on any atom is 0.251 e. The van der Waals surface area contributed by atoms with Crippen molar-refractivity contribution in [3.8, 4) is 5.75 Å². The summed E-state index contributed by atoms with van der Waals surface area (Å²) < 4.78 is 5.72. The molecule has 33 heavy (non-hydrogen) atoms. The fourth-order valence-electron chi connectivity index (χ4n) is 5.73. The lowest BCUT2D eigenvalue weighted by atomic mass is 9.86. The summed E-state index contributed by atoms with van der Waals surface area (Å²) in [6.45, 7) is 0.501. The van der Waals surface area contributed by atoms with Gasteiger partial charge in [-0.05, 0) is 18.9 Å². The van der Waals surface area contributed by atoms with Gasteiger partial charge in [0.1, 0.15) is 5.75 Å². The first-order valence-electron chi connectivity index (χ1n) is 11.7. The molecule has 1 saturated carbocycles. The van der Waals surface area contributed by atoms with Crippen LogP contribution in [0.2, 0.25) is 0 Å². The molecule has 1 N–H and O–H groups in total. The molecule has 0 saturated heterocycles. The highest BCUT2D eigenvalue weighted by molar-refractivity contribution is 7.09. The van der Waals surface area contributed by atoms with E-state index >= 15 is 0 Å². The number of nitrogens with zero attached hydrogens (tertiary/aromatic N) is 3. The minimum Gasteiger partial charge on any atom is -0.496 e. The highest BCUT2D eigenvalue weighted by Gasteiger charge is 2.48. The number of aromatic nitrogens is 1. The molecule has 2 aliphatic heterocycles. The maximum absolute atomic E-state index is 14.0. The van der Waals surface area contributed by atoms with Crippen LogP contribution in [0.4, 0.5) is 0 Å². The number of fused-ring (bicyclic) bond motifs is 1. The van der Waals surface area contributed by atoms with E-state index in [-0.39, 0.29) is 23.9 Å². The van der Waals surface area contributed by atoms with Gasteiger partial charge in [-0.2, -0.15) is 0 Å². The van der Waals surface area contributed by atoms with Crippen LogP contribution in [-0.2, 0) is 16.0 Å². The maximum atomic E-state index is 14.0. The monoisotopic (exact) mass is 466 g/mol. The minimum absolute atomic E-state index is 0.0425. The molecule has 3 heterocycles. The lowest BCUT2D eigenvalue weighted by Crippen LogP contribution is -2.54. The SMILES string of the molecule is COc1ccccc1[C@@H]1C2=C(CNC2=O)N(C)[C@@H]2CCCC[C@H]2N1C(=O)CCc1nccs1. The molecule has 1 fully saturated rings. The van der Waals surface area contributed by atoms with E-state index in [2.05, 4.69) is 22.2 Å². The van der Waals surface area contributed by atoms with E-state index in [9.17, 15) is 9.59 Å². The quantitative estimate of drug-likeness (QED) is 0.732. The second kappa shape index (κ2) is 9.17. The van der Waals surface area contributed by atoms with Crippen LogP contribution < -0.4 is 10.1 Å². The zero-order valence-electron chi connectivity index (χ0n) is 19.1. The Hall–Kier alpha value is -2.87. The molecule has 2 aromatic rings. The number of aryl methyl sites for hydroxylation is 1. The van der Waals surface area contributed by atoms with Gasteiger partial charge in [0.2, 0.25) is 5.91 Å². The van der Waals surface area contributed by atoms with Gasteiger partial charge in [-0.3, -0.25) is 9.59 Å². The normalized spacial score (nSPS) is 24.8. The van der Waals surface area contributed by atoms with Crippen molar-refractivity contribution in [3.63, 3.8) is 0 Å². The number of thiazole rings is 1. The fourth-order valence-corrected chi connectivity index (χ4v) is 6.35. The van der Waals surface area contributed by atoms with Crippen molar-refractivity contribution in [2.24, 2.45) is 0 Å². The van der Waals surface area contributed by atoms with Crippen molar-refractivity contribution in [1.82, 2.24) is 20.1 Å². The first-order chi connectivity index (χ1) is 16.1. The van der Waals surface area contributed by atoms with Crippen LogP contribution in [0.5, 0.6) is 5.75 Å². The number of rotatable bonds is 5. The number of carbonyl (C=O) groups is 2. The molecule has 2 amide bonds. The van der Waals surface area contributed by atoms with Crippen molar-refractivity contribution in [2.75, 3.05) is 20.7 Å². The molecule has 1 aliphatic carbocycles. The van der Waals surface area contributed by atoms with Crippen LogP contribution in [0.3, 0.4) is 0 Å². The lowest BCUT2D eigenvalue weighted by molar-refractivity contribution is -0.138. The molecule has 5 rings (SSSR count). The van der Waals surface area contributed by atoms with Gasteiger partial charge in [-0.25, -0.2) is 4.98 Å². The third-order valence-corrected chi connectivity index (χ3v) is 8.10. The molecule has 0 radical (unpaired) electrons. The molecule has 0 spiro atoms. The van der Waals surface area contributed by atoms with E-state index in [1.54, 1.807) is 24.6 Å². The zero-order valence-corrected chi connectivity index (χ0v) is 19.9. The summed E-state index contributed by atoms with van der Waals surface area (Å²) in [7, 11) is 3.73. The summed E-state index contributed by atoms with van der Waals surface area (Å²) in [5.74, 6) is 0.674. The van der Waals surface area contributed by atoms with Gasteiger partial charge in [0.25, 0.3) is 5.91 Å². The average molecular weight is 467 g/mol. The standard InChI is InChI=1S/C25H30N4O3S/c1-28-17-8-4-5-9-18(17)29(22(30)12-11-21-26-13-14-33-21)24(23-19(28)15-27-25(23)31)16-7-3-6-10-20(16)32-2/h3,6-7,10,13-14,17-18,24H,4-5,8-9,11-12,15H2,1-2H3,(H,27,31)/t17-,18-,24-/m1/s1. The van der Waals surface area contributed by atoms with E-state index in [4.69, 9.17) is 4.74 Å². The predicted octanol–water partition coefficient (Wildman–Crippen LogP) is 3.29. The number of hydrogen-bond donors (Lipinski definition) is 1. The minimum atomic E-state index is -0.474. The van der Waals surface area contributed by atoms with Crippen LogP contribution >= 0.6 is 11.3 Å². The number of methoxy groups -OCH3 is 1. The summed E-state index contributed by atoms with van der Waals surface area (Å²) in [5, 5.41) is 5.93. The van der Waals surface area contributed by atoms with Gasteiger partial charge < -0.3 is 19.9 Å². The van der Waals surface area contributed by atoms with E-state index in [1.807, 2.05) is 34.5 Å². The van der Waals surface area contributed by atoms with Gasteiger partial charge >= 0.3 is 0 Å². The van der Waals surface area contributed by atoms with Crippen LogP contribution in [0.15, 0.2) is 47.1 Å². The number of para-hydroxylation sites is 1. The summed E-state index contributed by atoms with van der Waals surface area (Å²) >= 11 is 1.57. The Morgan fingerprint density at radius 1 is 1.24 bits per heavy atom. The predicted molar refractivity (Wildman–Crippen MR) is 127 cm³/mol. The number of amides is 2. The largest absolute Gasteiger partial charge is 0.496 e. The van der Waals surface area contributed by atoms with Crippen LogP contribution in [-0.4, -0.2) is 59.4 Å². The van der Waals surface area contributed by atoms with Gasteiger partial charge in [-0.15, -0.1) is 11.3 Å². The van der Waals surface area contributed by atoms with Crippen molar-refractivity contribution < 1.29 is 14.3 Å². The van der Waals surface area contributed by atoms with Gasteiger partial charge in [0.05, 0.1) is 36.3 Å². The molecule has 3 atom stereocenters. The summed E-state index contributed by atoms with van der Waals surface area (Å²) in [4.78, 5) is 35.9. The summed E-state index contributed by atoms with van der Waals surface area (Å²) in [6.07, 6.45) is 6.93. The Morgan fingerprint density at radius 3 is 2.79 bits per heavy atom. The van der Waals surface area contributed by atoms with Gasteiger partial charge in [0, 0.05) is 48.8 Å². The van der Waals surface area contributed by atoms with Crippen molar-refractivity contribution in [1.29, 1.82) is 0 Å². The van der Waals surface area contributed by atoms with Crippen LogP contribution in [0, 0.1) is 0 Å². The third kappa shape index (κ3) is 3.90. The van der Waals surface area contributed by atoms with E-state index in [1.165, 1.54) is 0 Å². The number of ether oxygens (including phenoxy) is 1. The molecule has 1 aromatic heterocycles. The average Bonchev–Trinajstić information content (AvgIpc) is 3.48. The number of carbonyl (C=O) groups excluding carboxylic acids is 2. The first kappa shape index (κ1) is 21.9. The summed E-state index contributed by atoms with van der Waals surface area (Å²) in [5.41, 5.74) is 2.55. The third-order valence-electron chi connectivity index (χ3n) is 7.26. The highest BCUT2D eigenvalue weighted by Crippen LogP contribution is 2.45. The Bertz CT molecular complexity index is 1070. The Balaban J connectivity index is 1.64. The lowest BCUT2D eigenvalue weighted by Gasteiger charge is -2.45. The van der Waals surface area contributed by atoms with Crippen molar-refractivity contribution >= 4 is 23.2 Å². The second-order valence-electron chi connectivity index (χ2n) is 8.94. The smallest absolute Gasteiger partial charge is 0.251 e. The molecule has 0 bridgehead atoms. The van der Waals surface area contributed by atoms with E-state index < -0.39 is 6.04 Å². The zero-order chi connectivity index (χ0) is 22.9. The fraction of sp³-hybridized carbons (Fsp3) is 0.480. The molecular formula is C25H30N4O3S. The van der Waals surface area contributed by atoms with Crippen LogP contribution in [0.1, 0.15) is 48.7 Å². The molecule has 7 nitrogen and oxygen atoms in total. The topological polar surface area (TPSA) is 74.8 Å². The molecular weight excluding hydrogens is 436 g/mol. The number of benzene rings is 1. The van der Waals surface area contributed by atoms with E-state index in [0.717, 1.165) is 42.0 Å². The highest BCUT2D eigenvalue weighted by atomic mass is 32.1. The molecule has 0 unspecified atom stereocenters. The van der Waals surface area contributed by atoms with Crippen LogP contribution in [0.25, 0.3) is 0 Å². The first-order valence-corrected chi connectivity index (χ1v) is 12.5.